The van der Waals surface area contributed by atoms with E-state index in [2.05, 4.69) is 15.3 Å². The van der Waals surface area contributed by atoms with Gasteiger partial charge in [-0.2, -0.15) is 0 Å². The van der Waals surface area contributed by atoms with Gasteiger partial charge in [0.15, 0.2) is 0 Å². The van der Waals surface area contributed by atoms with Crippen LogP contribution >= 0.6 is 0 Å². The Morgan fingerprint density at radius 3 is 2.74 bits per heavy atom. The Hall–Kier alpha value is -1.69. The zero-order chi connectivity index (χ0) is 14.3. The lowest BCUT2D eigenvalue weighted by atomic mass is 10.2. The van der Waals surface area contributed by atoms with Crippen LogP contribution in [0.4, 0.5) is 5.95 Å². The van der Waals surface area contributed by atoms with Gasteiger partial charge in [-0.3, -0.25) is 0 Å². The molecule has 0 fully saturated rings. The second kappa shape index (κ2) is 7.68. The number of carbonyl (C=O) groups excluding carboxylic acids is 1. The van der Waals surface area contributed by atoms with Crippen molar-refractivity contribution in [2.75, 3.05) is 25.1 Å². The summed E-state index contributed by atoms with van der Waals surface area (Å²) in [6.07, 6.45) is 1.56. The first-order valence-corrected chi connectivity index (χ1v) is 6.44. The second-order valence-corrected chi connectivity index (χ2v) is 4.06. The van der Waals surface area contributed by atoms with Gasteiger partial charge in [0.1, 0.15) is 0 Å². The van der Waals surface area contributed by atoms with Gasteiger partial charge in [-0.1, -0.05) is 0 Å². The van der Waals surface area contributed by atoms with E-state index in [4.69, 9.17) is 9.47 Å². The van der Waals surface area contributed by atoms with Gasteiger partial charge in [-0.05, 0) is 27.7 Å². The van der Waals surface area contributed by atoms with Crippen molar-refractivity contribution in [3.63, 3.8) is 0 Å². The molecule has 1 aromatic rings. The first-order chi connectivity index (χ1) is 9.08. The molecule has 19 heavy (non-hydrogen) atoms. The van der Waals surface area contributed by atoms with Crippen LogP contribution in [0.15, 0.2) is 6.20 Å². The largest absolute Gasteiger partial charge is 0.462 e. The lowest BCUT2D eigenvalue weighted by Crippen LogP contribution is -2.21. The van der Waals surface area contributed by atoms with Crippen LogP contribution in [0.25, 0.3) is 0 Å². The molecule has 0 radical (unpaired) electrons. The van der Waals surface area contributed by atoms with Gasteiger partial charge >= 0.3 is 5.97 Å². The van der Waals surface area contributed by atoms with E-state index in [1.807, 2.05) is 13.8 Å². The average Bonchev–Trinajstić information content (AvgIpc) is 2.37. The van der Waals surface area contributed by atoms with Crippen LogP contribution in [0.3, 0.4) is 0 Å². The third-order valence-electron chi connectivity index (χ3n) is 2.47. The third kappa shape index (κ3) is 4.82. The molecule has 0 saturated heterocycles. The fourth-order valence-corrected chi connectivity index (χ4v) is 1.54. The molecule has 0 aliphatic rings. The highest BCUT2D eigenvalue weighted by Crippen LogP contribution is 2.09. The highest BCUT2D eigenvalue weighted by atomic mass is 16.5. The number of aryl methyl sites for hydroxylation is 1. The molecule has 1 unspecified atom stereocenters. The zero-order valence-electron chi connectivity index (χ0n) is 11.9. The quantitative estimate of drug-likeness (QED) is 0.759. The summed E-state index contributed by atoms with van der Waals surface area (Å²) in [5.74, 6) is 0.0892. The Labute approximate surface area is 113 Å². The van der Waals surface area contributed by atoms with Crippen LogP contribution in [-0.2, 0) is 9.47 Å². The van der Waals surface area contributed by atoms with Crippen molar-refractivity contribution in [1.29, 1.82) is 0 Å². The summed E-state index contributed by atoms with van der Waals surface area (Å²) >= 11 is 0. The minimum absolute atomic E-state index is 0.0821. The van der Waals surface area contributed by atoms with Gasteiger partial charge in [-0.15, -0.1) is 0 Å². The third-order valence-corrected chi connectivity index (χ3v) is 2.47. The summed E-state index contributed by atoms with van der Waals surface area (Å²) in [5.41, 5.74) is 0.991. The van der Waals surface area contributed by atoms with Crippen LogP contribution in [0.2, 0.25) is 0 Å². The van der Waals surface area contributed by atoms with Crippen molar-refractivity contribution in [1.82, 2.24) is 9.97 Å². The molecule has 0 aromatic carbocycles. The van der Waals surface area contributed by atoms with Crippen LogP contribution < -0.4 is 5.32 Å². The highest BCUT2D eigenvalue weighted by Gasteiger charge is 2.12. The maximum atomic E-state index is 11.6. The Balaban J connectivity index is 2.64. The number of anilines is 1. The van der Waals surface area contributed by atoms with Gasteiger partial charge in [0.05, 0.1) is 24.0 Å². The fourth-order valence-electron chi connectivity index (χ4n) is 1.54. The van der Waals surface area contributed by atoms with E-state index in [0.29, 0.717) is 37.0 Å². The van der Waals surface area contributed by atoms with Gasteiger partial charge in [0, 0.05) is 19.3 Å². The van der Waals surface area contributed by atoms with E-state index in [0.717, 1.165) is 0 Å². The molecule has 1 heterocycles. The minimum atomic E-state index is -0.394. The standard InChI is InChI=1S/C13H21N3O3/c1-5-18-9(3)7-14-13-15-8-11(10(4)16-13)12(17)19-6-2/h8-9H,5-7H2,1-4H3,(H,14,15,16). The Morgan fingerprint density at radius 1 is 1.42 bits per heavy atom. The molecule has 0 aliphatic heterocycles. The molecule has 1 rings (SSSR count). The molecule has 0 saturated carbocycles. The Bertz CT molecular complexity index is 424. The topological polar surface area (TPSA) is 73.3 Å². The number of carbonyl (C=O) groups is 1. The molecule has 1 N–H and O–H groups in total. The molecule has 0 bridgehead atoms. The van der Waals surface area contributed by atoms with Crippen LogP contribution in [0.5, 0.6) is 0 Å². The zero-order valence-corrected chi connectivity index (χ0v) is 11.9. The minimum Gasteiger partial charge on any atom is -0.462 e. The molecular weight excluding hydrogens is 246 g/mol. The number of rotatable bonds is 7. The molecule has 0 spiro atoms. The monoisotopic (exact) mass is 267 g/mol. The van der Waals surface area contributed by atoms with Gasteiger partial charge in [0.2, 0.25) is 5.95 Å². The lowest BCUT2D eigenvalue weighted by Gasteiger charge is -2.13. The van der Waals surface area contributed by atoms with Crippen molar-refractivity contribution in [3.05, 3.63) is 17.5 Å². The van der Waals surface area contributed by atoms with Crippen molar-refractivity contribution in [3.8, 4) is 0 Å². The molecular formula is C13H21N3O3. The molecule has 6 heteroatoms. The summed E-state index contributed by atoms with van der Waals surface area (Å²) < 4.78 is 10.3. The average molecular weight is 267 g/mol. The maximum Gasteiger partial charge on any atom is 0.341 e. The van der Waals surface area contributed by atoms with Gasteiger partial charge < -0.3 is 14.8 Å². The van der Waals surface area contributed by atoms with Crippen molar-refractivity contribution >= 4 is 11.9 Å². The number of esters is 1. The number of ether oxygens (including phenoxy) is 2. The Morgan fingerprint density at radius 2 is 2.16 bits per heavy atom. The van der Waals surface area contributed by atoms with Gasteiger partial charge in [0.25, 0.3) is 0 Å². The molecule has 6 nitrogen and oxygen atoms in total. The number of nitrogens with one attached hydrogen (secondary N) is 1. The highest BCUT2D eigenvalue weighted by molar-refractivity contribution is 5.90. The molecule has 0 aliphatic carbocycles. The lowest BCUT2D eigenvalue weighted by molar-refractivity contribution is 0.0524. The van der Waals surface area contributed by atoms with E-state index in [9.17, 15) is 4.79 Å². The predicted molar refractivity (Wildman–Crippen MR) is 72.3 cm³/mol. The number of nitrogens with zero attached hydrogens (tertiary/aromatic N) is 2. The van der Waals surface area contributed by atoms with Crippen LogP contribution in [0, 0.1) is 6.92 Å². The molecule has 0 amide bonds. The number of aromatic nitrogens is 2. The predicted octanol–water partition coefficient (Wildman–Crippen LogP) is 1.80. The number of hydrogen-bond donors (Lipinski definition) is 1. The normalized spacial score (nSPS) is 12.0. The number of hydrogen-bond acceptors (Lipinski definition) is 6. The van der Waals surface area contributed by atoms with Gasteiger partial charge in [-0.25, -0.2) is 14.8 Å². The van der Waals surface area contributed by atoms with E-state index in [1.165, 1.54) is 6.20 Å². The summed E-state index contributed by atoms with van der Waals surface area (Å²) in [6.45, 7) is 9.06. The first-order valence-electron chi connectivity index (χ1n) is 6.44. The maximum absolute atomic E-state index is 11.6. The second-order valence-electron chi connectivity index (χ2n) is 4.06. The first kappa shape index (κ1) is 15.4. The van der Waals surface area contributed by atoms with Crippen LogP contribution in [0.1, 0.15) is 36.8 Å². The van der Waals surface area contributed by atoms with Crippen molar-refractivity contribution in [2.45, 2.75) is 33.8 Å². The van der Waals surface area contributed by atoms with E-state index < -0.39 is 5.97 Å². The SMILES string of the molecule is CCOC(=O)c1cnc(NCC(C)OCC)nc1C. The van der Waals surface area contributed by atoms with E-state index in [-0.39, 0.29) is 6.10 Å². The van der Waals surface area contributed by atoms with Crippen molar-refractivity contribution in [2.24, 2.45) is 0 Å². The molecule has 1 atom stereocenters. The summed E-state index contributed by atoms with van der Waals surface area (Å²) in [7, 11) is 0. The fraction of sp³-hybridized carbons (Fsp3) is 0.615. The molecule has 106 valence electrons. The summed E-state index contributed by atoms with van der Waals surface area (Å²) in [6, 6.07) is 0. The van der Waals surface area contributed by atoms with Crippen LogP contribution in [-0.4, -0.2) is 41.8 Å². The van der Waals surface area contributed by atoms with E-state index in [1.54, 1.807) is 13.8 Å². The smallest absolute Gasteiger partial charge is 0.341 e. The molecule has 1 aromatic heterocycles. The van der Waals surface area contributed by atoms with Crippen molar-refractivity contribution < 1.29 is 14.3 Å². The Kier molecular flexibility index (Phi) is 6.21. The summed E-state index contributed by atoms with van der Waals surface area (Å²) in [5, 5.41) is 3.07. The summed E-state index contributed by atoms with van der Waals surface area (Å²) in [4.78, 5) is 19.9. The van der Waals surface area contributed by atoms with E-state index >= 15 is 0 Å².